The van der Waals surface area contributed by atoms with Crippen molar-refractivity contribution in [3.05, 3.63) is 57.7 Å². The highest BCUT2D eigenvalue weighted by molar-refractivity contribution is 5.78. The van der Waals surface area contributed by atoms with Crippen molar-refractivity contribution in [3.8, 4) is 0 Å². The van der Waals surface area contributed by atoms with E-state index in [-0.39, 0.29) is 11.3 Å². The zero-order valence-corrected chi connectivity index (χ0v) is 16.0. The van der Waals surface area contributed by atoms with E-state index in [9.17, 15) is 9.59 Å². The van der Waals surface area contributed by atoms with Crippen LogP contribution in [-0.2, 0) is 17.6 Å². The van der Waals surface area contributed by atoms with E-state index in [0.717, 1.165) is 30.5 Å². The van der Waals surface area contributed by atoms with Crippen LogP contribution in [0.4, 0.5) is 0 Å². The topological polar surface area (TPSA) is 46.2 Å². The van der Waals surface area contributed by atoms with Crippen LogP contribution in [0.3, 0.4) is 0 Å². The van der Waals surface area contributed by atoms with Gasteiger partial charge >= 0.3 is 0 Å². The molecule has 0 radical (unpaired) electrons. The molecule has 0 spiro atoms. The van der Waals surface area contributed by atoms with Gasteiger partial charge in [0.2, 0.25) is 5.91 Å². The minimum atomic E-state index is 0.124. The minimum Gasteiger partial charge on any atom is -0.356 e. The summed E-state index contributed by atoms with van der Waals surface area (Å²) in [5.41, 5.74) is 2.41. The summed E-state index contributed by atoms with van der Waals surface area (Å²) in [6.07, 6.45) is 14.0. The molecule has 0 bridgehead atoms. The lowest BCUT2D eigenvalue weighted by Gasteiger charge is -2.05. The Hall–Kier alpha value is -1.90. The molecule has 0 aliphatic carbocycles. The van der Waals surface area contributed by atoms with E-state index in [4.69, 9.17) is 0 Å². The first kappa shape index (κ1) is 20.4. The van der Waals surface area contributed by atoms with Gasteiger partial charge in [-0.3, -0.25) is 9.59 Å². The number of hydrogen-bond acceptors (Lipinski definition) is 2. The van der Waals surface area contributed by atoms with Crippen molar-refractivity contribution in [3.63, 3.8) is 0 Å². The molecule has 3 heteroatoms. The molecule has 2 rings (SSSR count). The SMILES string of the molecule is O=C(Cc1ccccc1)NCCCCCCCCCCCCc1cc1=O. The Bertz CT molecular complexity index is 625. The molecule has 0 atom stereocenters. The van der Waals surface area contributed by atoms with E-state index in [1.165, 1.54) is 57.8 Å². The van der Waals surface area contributed by atoms with Crippen molar-refractivity contribution in [1.82, 2.24) is 5.32 Å². The highest BCUT2D eigenvalue weighted by atomic mass is 16.1. The number of carbonyl (C=O) groups is 1. The van der Waals surface area contributed by atoms with E-state index < -0.39 is 0 Å². The number of carbonyl (C=O) groups excluding carboxylic acids is 1. The Labute approximate surface area is 157 Å². The number of hydrogen-bond donors (Lipinski definition) is 1. The molecule has 0 fully saturated rings. The van der Waals surface area contributed by atoms with Crippen LogP contribution in [0.15, 0.2) is 41.2 Å². The Morgan fingerprint density at radius 1 is 0.769 bits per heavy atom. The quantitative estimate of drug-likeness (QED) is 0.470. The summed E-state index contributed by atoms with van der Waals surface area (Å²) < 4.78 is 0. The van der Waals surface area contributed by atoms with Crippen LogP contribution in [0.5, 0.6) is 0 Å². The smallest absolute Gasteiger partial charge is 0.224 e. The van der Waals surface area contributed by atoms with Crippen molar-refractivity contribution in [2.45, 2.75) is 77.0 Å². The average Bonchev–Trinajstić information content (AvgIpc) is 3.35. The molecule has 3 nitrogen and oxygen atoms in total. The Balaban J connectivity index is 1.29. The molecule has 0 aliphatic heterocycles. The zero-order chi connectivity index (χ0) is 18.5. The fourth-order valence-corrected chi connectivity index (χ4v) is 3.24. The Kier molecular flexibility index (Phi) is 9.78. The van der Waals surface area contributed by atoms with E-state index in [0.29, 0.717) is 6.42 Å². The van der Waals surface area contributed by atoms with E-state index >= 15 is 0 Å². The second-order valence-electron chi connectivity index (χ2n) is 7.33. The maximum absolute atomic E-state index is 11.8. The highest BCUT2D eigenvalue weighted by Gasteiger charge is 2.06. The second kappa shape index (κ2) is 12.5. The number of amides is 1. The fourth-order valence-electron chi connectivity index (χ4n) is 3.24. The zero-order valence-electron chi connectivity index (χ0n) is 16.0. The van der Waals surface area contributed by atoms with Crippen LogP contribution < -0.4 is 10.7 Å². The third kappa shape index (κ3) is 9.55. The van der Waals surface area contributed by atoms with E-state index in [1.807, 2.05) is 30.3 Å². The summed E-state index contributed by atoms with van der Waals surface area (Å²) in [5.74, 6) is 0.124. The molecule has 0 aromatic heterocycles. The third-order valence-corrected chi connectivity index (χ3v) is 4.94. The summed E-state index contributed by atoms with van der Waals surface area (Å²) in [6, 6.07) is 11.6. The van der Waals surface area contributed by atoms with Gasteiger partial charge in [-0.2, -0.15) is 0 Å². The maximum atomic E-state index is 11.8. The fraction of sp³-hybridized carbons (Fsp3) is 0.565. The largest absolute Gasteiger partial charge is 0.356 e. The molecule has 0 unspecified atom stereocenters. The maximum Gasteiger partial charge on any atom is 0.224 e. The average molecular weight is 356 g/mol. The first-order valence-electron chi connectivity index (χ1n) is 10.3. The van der Waals surface area contributed by atoms with Crippen LogP contribution in [-0.4, -0.2) is 12.5 Å². The summed E-state index contributed by atoms with van der Waals surface area (Å²) in [5, 5.41) is 3.01. The van der Waals surface area contributed by atoms with Crippen molar-refractivity contribution < 1.29 is 4.79 Å². The van der Waals surface area contributed by atoms with Gasteiger partial charge in [0.15, 0.2) is 5.43 Å². The minimum absolute atomic E-state index is 0.124. The summed E-state index contributed by atoms with van der Waals surface area (Å²) in [6.45, 7) is 0.796. The summed E-state index contributed by atoms with van der Waals surface area (Å²) in [7, 11) is 0. The number of rotatable bonds is 15. The van der Waals surface area contributed by atoms with Gasteiger partial charge in [-0.1, -0.05) is 81.7 Å². The molecule has 2 aromatic carbocycles. The number of unbranched alkanes of at least 4 members (excludes halogenated alkanes) is 9. The van der Waals surface area contributed by atoms with Gasteiger partial charge in [0.25, 0.3) is 0 Å². The molecular formula is C23H33NO2. The van der Waals surface area contributed by atoms with Gasteiger partial charge in [0.1, 0.15) is 0 Å². The van der Waals surface area contributed by atoms with Gasteiger partial charge in [-0.25, -0.2) is 0 Å². The van der Waals surface area contributed by atoms with Gasteiger partial charge < -0.3 is 5.32 Å². The summed E-state index contributed by atoms with van der Waals surface area (Å²) in [4.78, 5) is 22.6. The number of aryl methyl sites for hydroxylation is 1. The first-order chi connectivity index (χ1) is 12.8. The van der Waals surface area contributed by atoms with Crippen molar-refractivity contribution in [1.29, 1.82) is 0 Å². The van der Waals surface area contributed by atoms with Crippen LogP contribution >= 0.6 is 0 Å². The molecular weight excluding hydrogens is 322 g/mol. The predicted molar refractivity (Wildman–Crippen MR) is 108 cm³/mol. The molecule has 0 saturated heterocycles. The van der Waals surface area contributed by atoms with Crippen LogP contribution in [0, 0.1) is 0 Å². The lowest BCUT2D eigenvalue weighted by atomic mass is 10.1. The molecule has 0 heterocycles. The van der Waals surface area contributed by atoms with E-state index in [1.54, 1.807) is 6.07 Å². The molecule has 26 heavy (non-hydrogen) atoms. The molecule has 1 N–H and O–H groups in total. The Morgan fingerprint density at radius 3 is 1.88 bits per heavy atom. The second-order valence-corrected chi connectivity index (χ2v) is 7.33. The van der Waals surface area contributed by atoms with Gasteiger partial charge in [0, 0.05) is 12.1 Å². The number of benzene rings is 1. The molecule has 0 saturated carbocycles. The van der Waals surface area contributed by atoms with Crippen LogP contribution in [0.1, 0.15) is 75.3 Å². The molecule has 142 valence electrons. The van der Waals surface area contributed by atoms with Crippen molar-refractivity contribution in [2.75, 3.05) is 6.54 Å². The van der Waals surface area contributed by atoms with Crippen molar-refractivity contribution >= 4 is 5.91 Å². The van der Waals surface area contributed by atoms with Gasteiger partial charge in [-0.15, -0.1) is 0 Å². The third-order valence-electron chi connectivity index (χ3n) is 4.94. The van der Waals surface area contributed by atoms with Gasteiger partial charge in [0.05, 0.1) is 6.42 Å². The van der Waals surface area contributed by atoms with E-state index in [2.05, 4.69) is 5.32 Å². The predicted octanol–water partition coefficient (Wildman–Crippen LogP) is 4.72. The molecule has 1 amide bonds. The normalized spacial score (nSPS) is 11.1. The monoisotopic (exact) mass is 355 g/mol. The first-order valence-corrected chi connectivity index (χ1v) is 10.3. The summed E-state index contributed by atoms with van der Waals surface area (Å²) >= 11 is 0. The van der Waals surface area contributed by atoms with Gasteiger partial charge in [-0.05, 0) is 30.9 Å². The van der Waals surface area contributed by atoms with Crippen LogP contribution in [0.25, 0.3) is 0 Å². The molecule has 0 aliphatic rings. The molecule has 2 aromatic rings. The standard InChI is InChI=1S/C23H33NO2/c25-22-19-21(22)16-12-7-5-3-1-2-4-6-8-13-17-24-23(26)18-20-14-10-9-11-15-20/h9-11,14-15,19H,1-8,12-13,16-18H2,(H,24,26). The van der Waals surface area contributed by atoms with Crippen LogP contribution in [0.2, 0.25) is 0 Å². The Morgan fingerprint density at radius 2 is 1.31 bits per heavy atom. The highest BCUT2D eigenvalue weighted by Crippen LogP contribution is 2.12. The van der Waals surface area contributed by atoms with Crippen molar-refractivity contribution in [2.24, 2.45) is 0 Å². The number of nitrogens with one attached hydrogen (secondary N) is 1. The lowest BCUT2D eigenvalue weighted by molar-refractivity contribution is -0.120. The lowest BCUT2D eigenvalue weighted by Crippen LogP contribution is -2.26.